The number of nitrogens with one attached hydrogen (secondary N) is 1. The standard InChI is InChI=1S/C23H33N5O3S/c1-27-21(18-6-8-19(30-2)9-7-18)25-26-22(27)32-16-20(29)24-17-23(10-4-3-5-11-23)28-12-14-31-15-13-28/h6-9H,3-5,10-17H2,1-2H3,(H,24,29). The summed E-state index contributed by atoms with van der Waals surface area (Å²) >= 11 is 1.42. The summed E-state index contributed by atoms with van der Waals surface area (Å²) in [7, 11) is 3.57. The van der Waals surface area contributed by atoms with Gasteiger partial charge in [-0.2, -0.15) is 0 Å². The Bertz CT molecular complexity index is 890. The van der Waals surface area contributed by atoms with Gasteiger partial charge in [0.1, 0.15) is 5.75 Å². The number of ether oxygens (including phenoxy) is 2. The van der Waals surface area contributed by atoms with Crippen LogP contribution in [0.15, 0.2) is 29.4 Å². The maximum Gasteiger partial charge on any atom is 0.230 e. The van der Waals surface area contributed by atoms with Crippen LogP contribution in [0.5, 0.6) is 5.75 Å². The molecule has 2 fully saturated rings. The highest BCUT2D eigenvalue weighted by atomic mass is 32.2. The quantitative estimate of drug-likeness (QED) is 0.608. The van der Waals surface area contributed by atoms with Gasteiger partial charge in [0.2, 0.25) is 5.91 Å². The molecule has 2 aromatic rings. The topological polar surface area (TPSA) is 81.5 Å². The van der Waals surface area contributed by atoms with Gasteiger partial charge in [0.05, 0.1) is 26.1 Å². The van der Waals surface area contributed by atoms with Crippen molar-refractivity contribution in [2.24, 2.45) is 7.05 Å². The third kappa shape index (κ3) is 5.27. The molecular formula is C23H33N5O3S. The van der Waals surface area contributed by atoms with Gasteiger partial charge in [0.25, 0.3) is 0 Å². The Balaban J connectivity index is 1.33. The van der Waals surface area contributed by atoms with E-state index < -0.39 is 0 Å². The van der Waals surface area contributed by atoms with E-state index in [1.54, 1.807) is 7.11 Å². The number of carbonyl (C=O) groups excluding carboxylic acids is 1. The maximum atomic E-state index is 12.7. The van der Waals surface area contributed by atoms with Crippen molar-refractivity contribution in [1.82, 2.24) is 25.0 Å². The van der Waals surface area contributed by atoms with Crippen molar-refractivity contribution in [1.29, 1.82) is 0 Å². The molecule has 174 valence electrons. The van der Waals surface area contributed by atoms with Gasteiger partial charge in [-0.1, -0.05) is 31.0 Å². The minimum atomic E-state index is 0.0437. The molecule has 1 N–H and O–H groups in total. The van der Waals surface area contributed by atoms with Crippen molar-refractivity contribution in [2.45, 2.75) is 42.8 Å². The Kier molecular flexibility index (Phi) is 7.70. The van der Waals surface area contributed by atoms with Crippen LogP contribution in [0.25, 0.3) is 11.4 Å². The van der Waals surface area contributed by atoms with Crippen LogP contribution in [0.4, 0.5) is 0 Å². The molecule has 0 radical (unpaired) electrons. The summed E-state index contributed by atoms with van der Waals surface area (Å²) in [5.41, 5.74) is 1.04. The summed E-state index contributed by atoms with van der Waals surface area (Å²) in [6, 6.07) is 7.72. The van der Waals surface area contributed by atoms with E-state index in [9.17, 15) is 4.79 Å². The number of thioether (sulfide) groups is 1. The number of morpholine rings is 1. The predicted octanol–water partition coefficient (Wildman–Crippen LogP) is 2.73. The Morgan fingerprint density at radius 1 is 1.16 bits per heavy atom. The first-order valence-corrected chi connectivity index (χ1v) is 12.4. The SMILES string of the molecule is COc1ccc(-c2nnc(SCC(=O)NCC3(N4CCOCC4)CCCCC3)n2C)cc1. The fourth-order valence-electron chi connectivity index (χ4n) is 4.73. The summed E-state index contributed by atoms with van der Waals surface area (Å²) in [5.74, 6) is 1.94. The van der Waals surface area contributed by atoms with Gasteiger partial charge in [-0.25, -0.2) is 0 Å². The lowest BCUT2D eigenvalue weighted by atomic mass is 9.79. The molecule has 0 spiro atoms. The van der Waals surface area contributed by atoms with Crippen molar-refractivity contribution in [3.05, 3.63) is 24.3 Å². The molecule has 1 aromatic carbocycles. The van der Waals surface area contributed by atoms with E-state index in [4.69, 9.17) is 9.47 Å². The molecule has 4 rings (SSSR count). The molecule has 32 heavy (non-hydrogen) atoms. The minimum absolute atomic E-state index is 0.0437. The lowest BCUT2D eigenvalue weighted by Crippen LogP contribution is -2.59. The van der Waals surface area contributed by atoms with E-state index in [1.165, 1.54) is 31.0 Å². The summed E-state index contributed by atoms with van der Waals surface area (Å²) in [6.45, 7) is 4.19. The average molecular weight is 460 g/mol. The van der Waals surface area contributed by atoms with Crippen LogP contribution in [-0.2, 0) is 16.6 Å². The van der Waals surface area contributed by atoms with Gasteiger partial charge in [-0.05, 0) is 37.1 Å². The summed E-state index contributed by atoms with van der Waals surface area (Å²) < 4.78 is 12.7. The highest BCUT2D eigenvalue weighted by Gasteiger charge is 2.38. The molecule has 1 aliphatic carbocycles. The molecule has 2 aliphatic rings. The lowest BCUT2D eigenvalue weighted by molar-refractivity contribution is -0.119. The zero-order valence-corrected chi connectivity index (χ0v) is 19.8. The van der Waals surface area contributed by atoms with E-state index in [0.717, 1.165) is 61.4 Å². The number of hydrogen-bond donors (Lipinski definition) is 1. The first-order chi connectivity index (χ1) is 15.6. The second-order valence-electron chi connectivity index (χ2n) is 8.54. The number of carbonyl (C=O) groups is 1. The fraction of sp³-hybridized carbons (Fsp3) is 0.609. The van der Waals surface area contributed by atoms with Crippen molar-refractivity contribution in [3.63, 3.8) is 0 Å². The van der Waals surface area contributed by atoms with E-state index in [-0.39, 0.29) is 11.4 Å². The van der Waals surface area contributed by atoms with Crippen LogP contribution >= 0.6 is 11.8 Å². The van der Waals surface area contributed by atoms with E-state index in [2.05, 4.69) is 20.4 Å². The van der Waals surface area contributed by atoms with Gasteiger partial charge in [0.15, 0.2) is 11.0 Å². The molecule has 1 aromatic heterocycles. The highest BCUT2D eigenvalue weighted by molar-refractivity contribution is 7.99. The first kappa shape index (κ1) is 23.1. The molecule has 0 unspecified atom stereocenters. The van der Waals surface area contributed by atoms with Crippen molar-refractivity contribution < 1.29 is 14.3 Å². The van der Waals surface area contributed by atoms with E-state index >= 15 is 0 Å². The molecule has 1 saturated carbocycles. The van der Waals surface area contributed by atoms with E-state index in [0.29, 0.717) is 12.3 Å². The van der Waals surface area contributed by atoms with Crippen LogP contribution in [0.2, 0.25) is 0 Å². The normalized spacial score (nSPS) is 18.9. The van der Waals surface area contributed by atoms with Crippen LogP contribution < -0.4 is 10.1 Å². The van der Waals surface area contributed by atoms with Crippen molar-refractivity contribution >= 4 is 17.7 Å². The van der Waals surface area contributed by atoms with E-state index in [1.807, 2.05) is 35.9 Å². The number of methoxy groups -OCH3 is 1. The molecule has 1 amide bonds. The second-order valence-corrected chi connectivity index (χ2v) is 9.49. The summed E-state index contributed by atoms with van der Waals surface area (Å²) in [4.78, 5) is 15.2. The third-order valence-corrected chi connectivity index (χ3v) is 7.62. The number of nitrogens with zero attached hydrogens (tertiary/aromatic N) is 4. The fourth-order valence-corrected chi connectivity index (χ4v) is 5.47. The molecule has 9 heteroatoms. The van der Waals surface area contributed by atoms with Gasteiger partial charge < -0.3 is 19.4 Å². The van der Waals surface area contributed by atoms with Crippen LogP contribution in [0.1, 0.15) is 32.1 Å². The highest BCUT2D eigenvalue weighted by Crippen LogP contribution is 2.34. The zero-order valence-electron chi connectivity index (χ0n) is 19.0. The number of rotatable bonds is 8. The predicted molar refractivity (Wildman–Crippen MR) is 125 cm³/mol. The van der Waals surface area contributed by atoms with Gasteiger partial charge in [-0.15, -0.1) is 10.2 Å². The third-order valence-electron chi connectivity index (χ3n) is 6.60. The Morgan fingerprint density at radius 3 is 2.56 bits per heavy atom. The van der Waals surface area contributed by atoms with Gasteiger partial charge >= 0.3 is 0 Å². The molecule has 0 bridgehead atoms. The van der Waals surface area contributed by atoms with Crippen LogP contribution in [0, 0.1) is 0 Å². The molecule has 8 nitrogen and oxygen atoms in total. The maximum absolute atomic E-state index is 12.7. The molecule has 0 atom stereocenters. The van der Waals surface area contributed by atoms with Crippen LogP contribution in [-0.4, -0.2) is 76.8 Å². The minimum Gasteiger partial charge on any atom is -0.497 e. The number of hydrogen-bond acceptors (Lipinski definition) is 7. The van der Waals surface area contributed by atoms with Crippen LogP contribution in [0.3, 0.4) is 0 Å². The second kappa shape index (κ2) is 10.7. The zero-order chi connectivity index (χ0) is 22.4. The van der Waals surface area contributed by atoms with Crippen molar-refractivity contribution in [3.8, 4) is 17.1 Å². The molecular weight excluding hydrogens is 426 g/mol. The number of aromatic nitrogens is 3. The van der Waals surface area contributed by atoms with Gasteiger partial charge in [-0.3, -0.25) is 9.69 Å². The Hall–Kier alpha value is -2.10. The lowest BCUT2D eigenvalue weighted by Gasteiger charge is -2.48. The first-order valence-electron chi connectivity index (χ1n) is 11.4. The Labute approximate surface area is 194 Å². The number of benzene rings is 1. The largest absolute Gasteiger partial charge is 0.497 e. The summed E-state index contributed by atoms with van der Waals surface area (Å²) in [6.07, 6.45) is 6.05. The Morgan fingerprint density at radius 2 is 1.88 bits per heavy atom. The molecule has 2 heterocycles. The van der Waals surface area contributed by atoms with Gasteiger partial charge in [0, 0.05) is 37.8 Å². The van der Waals surface area contributed by atoms with Crippen molar-refractivity contribution in [2.75, 3.05) is 45.7 Å². The summed E-state index contributed by atoms with van der Waals surface area (Å²) in [5, 5.41) is 12.5. The average Bonchev–Trinajstić information content (AvgIpc) is 3.22. The monoisotopic (exact) mass is 459 g/mol. The molecule has 1 saturated heterocycles. The smallest absolute Gasteiger partial charge is 0.230 e. The number of amides is 1. The molecule has 1 aliphatic heterocycles.